The van der Waals surface area contributed by atoms with Gasteiger partial charge >= 0.3 is 6.18 Å². The summed E-state index contributed by atoms with van der Waals surface area (Å²) in [6, 6.07) is 1.63. The number of nitrogens with one attached hydrogen (secondary N) is 2. The van der Waals surface area contributed by atoms with E-state index >= 15 is 0 Å². The third-order valence-corrected chi connectivity index (χ3v) is 5.28. The van der Waals surface area contributed by atoms with Crippen LogP contribution in [0.25, 0.3) is 0 Å². The van der Waals surface area contributed by atoms with Gasteiger partial charge in [-0.05, 0) is 49.8 Å². The average Bonchev–Trinajstić information content (AvgIpc) is 3.40. The minimum atomic E-state index is -4.76. The molecule has 1 amide bonds. The molecule has 0 bridgehead atoms. The Kier molecular flexibility index (Phi) is 5.46. The number of rotatable bonds is 6. The van der Waals surface area contributed by atoms with Crippen molar-refractivity contribution in [3.63, 3.8) is 0 Å². The normalized spacial score (nSPS) is 15.6. The smallest absolute Gasteiger partial charge is 0.350 e. The Hall–Kier alpha value is -2.95. The fraction of sp³-hybridized carbons (Fsp3) is 0.400. The highest BCUT2D eigenvalue weighted by Gasteiger charge is 2.33. The second kappa shape index (κ2) is 7.95. The van der Waals surface area contributed by atoms with Crippen molar-refractivity contribution >= 4 is 17.3 Å². The molecule has 2 aliphatic rings. The second-order valence-corrected chi connectivity index (χ2v) is 7.57. The molecule has 0 saturated heterocycles. The molecule has 166 valence electrons. The summed E-state index contributed by atoms with van der Waals surface area (Å²) >= 11 is 0. The lowest BCUT2D eigenvalue weighted by Crippen LogP contribution is -2.32. The fourth-order valence-corrected chi connectivity index (χ4v) is 3.49. The van der Waals surface area contributed by atoms with E-state index in [1.807, 2.05) is 0 Å². The van der Waals surface area contributed by atoms with Crippen LogP contribution in [-0.4, -0.2) is 17.1 Å². The highest BCUT2D eigenvalue weighted by atomic mass is 19.4. The van der Waals surface area contributed by atoms with E-state index in [-0.39, 0.29) is 30.5 Å². The summed E-state index contributed by atoms with van der Waals surface area (Å²) in [7, 11) is 0. The largest absolute Gasteiger partial charge is 0.416 e. The van der Waals surface area contributed by atoms with E-state index in [1.165, 1.54) is 0 Å². The quantitative estimate of drug-likeness (QED) is 0.525. The molecule has 1 aromatic heterocycles. The number of alkyl halides is 3. The molecule has 6 nitrogen and oxygen atoms in total. The zero-order valence-corrected chi connectivity index (χ0v) is 16.1. The van der Waals surface area contributed by atoms with Gasteiger partial charge in [0.15, 0.2) is 0 Å². The van der Waals surface area contributed by atoms with Gasteiger partial charge in [-0.1, -0.05) is 0 Å². The molecule has 1 fully saturated rings. The Morgan fingerprint density at radius 2 is 1.97 bits per heavy atom. The first kappa shape index (κ1) is 21.3. The molecule has 31 heavy (non-hydrogen) atoms. The van der Waals surface area contributed by atoms with Gasteiger partial charge in [0.2, 0.25) is 5.82 Å². The van der Waals surface area contributed by atoms with Crippen LogP contribution in [0.2, 0.25) is 0 Å². The molecule has 11 heteroatoms. The van der Waals surface area contributed by atoms with E-state index in [0.29, 0.717) is 24.8 Å². The predicted octanol–water partition coefficient (Wildman–Crippen LogP) is 3.91. The molecule has 1 aliphatic carbocycles. The van der Waals surface area contributed by atoms with Crippen molar-refractivity contribution < 1.29 is 31.6 Å². The van der Waals surface area contributed by atoms with Crippen molar-refractivity contribution in [3.05, 3.63) is 57.0 Å². The third-order valence-electron chi connectivity index (χ3n) is 5.28. The van der Waals surface area contributed by atoms with Crippen LogP contribution in [0, 0.1) is 17.6 Å². The van der Waals surface area contributed by atoms with Crippen molar-refractivity contribution in [1.82, 2.24) is 10.0 Å². The Bertz CT molecular complexity index is 1090. The van der Waals surface area contributed by atoms with Crippen LogP contribution in [0.15, 0.2) is 23.0 Å². The Labute approximate surface area is 173 Å². The number of nitrogens with zero attached hydrogens (tertiary/aromatic N) is 1. The molecular weight excluding hydrogens is 425 g/mol. The lowest BCUT2D eigenvalue weighted by atomic mass is 10.1. The molecule has 4 rings (SSSR count). The van der Waals surface area contributed by atoms with Gasteiger partial charge in [0, 0.05) is 12.2 Å². The molecule has 0 unspecified atom stereocenters. The number of hydrogen-bond acceptors (Lipinski definition) is 4. The molecule has 1 saturated carbocycles. The lowest BCUT2D eigenvalue weighted by Gasteiger charge is -2.18. The minimum absolute atomic E-state index is 0.212. The van der Waals surface area contributed by atoms with E-state index < -0.39 is 46.2 Å². The second-order valence-electron chi connectivity index (χ2n) is 7.57. The minimum Gasteiger partial charge on any atom is -0.350 e. The maximum absolute atomic E-state index is 14.9. The Morgan fingerprint density at radius 1 is 1.23 bits per heavy atom. The monoisotopic (exact) mass is 443 g/mol. The molecule has 0 spiro atoms. The first-order chi connectivity index (χ1) is 14.7. The number of aromatic nitrogens is 1. The van der Waals surface area contributed by atoms with Crippen LogP contribution >= 0.6 is 0 Å². The first-order valence-electron chi connectivity index (χ1n) is 9.68. The molecule has 2 aromatic rings. The van der Waals surface area contributed by atoms with Gasteiger partial charge in [-0.15, -0.1) is 0 Å². The van der Waals surface area contributed by atoms with Gasteiger partial charge in [0.25, 0.3) is 11.5 Å². The fourth-order valence-electron chi connectivity index (χ4n) is 3.49. The van der Waals surface area contributed by atoms with Gasteiger partial charge in [0.1, 0.15) is 5.82 Å². The number of anilines is 2. The highest BCUT2D eigenvalue weighted by Crippen LogP contribution is 2.34. The topological polar surface area (TPSA) is 72.4 Å². The van der Waals surface area contributed by atoms with Crippen molar-refractivity contribution in [2.24, 2.45) is 5.92 Å². The van der Waals surface area contributed by atoms with Gasteiger partial charge in [-0.3, -0.25) is 14.4 Å². The van der Waals surface area contributed by atoms with Crippen LogP contribution in [0.4, 0.5) is 33.3 Å². The summed E-state index contributed by atoms with van der Waals surface area (Å²) in [6.07, 6.45) is -2.02. The van der Waals surface area contributed by atoms with Gasteiger partial charge in [-0.25, -0.2) is 9.87 Å². The summed E-state index contributed by atoms with van der Waals surface area (Å²) in [4.78, 5) is 30.3. The molecule has 0 radical (unpaired) electrons. The SMILES string of the molecule is O=C(NOCC1CC1)c1c(Nc2ccc(C(F)(F)F)cc2F)c(F)c(=O)n2c1CCC2. The number of fused-ring (bicyclic) bond motifs is 1. The van der Waals surface area contributed by atoms with E-state index in [1.54, 1.807) is 0 Å². The van der Waals surface area contributed by atoms with Gasteiger partial charge in [0.05, 0.1) is 29.1 Å². The summed E-state index contributed by atoms with van der Waals surface area (Å²) in [6.45, 7) is 0.489. The first-order valence-corrected chi connectivity index (χ1v) is 9.68. The summed E-state index contributed by atoms with van der Waals surface area (Å²) in [5.74, 6) is -3.15. The number of amides is 1. The zero-order valence-electron chi connectivity index (χ0n) is 16.1. The number of benzene rings is 1. The Balaban J connectivity index is 1.72. The van der Waals surface area contributed by atoms with E-state index in [2.05, 4.69) is 10.8 Å². The lowest BCUT2D eigenvalue weighted by molar-refractivity contribution is -0.137. The van der Waals surface area contributed by atoms with E-state index in [0.717, 1.165) is 23.5 Å². The average molecular weight is 443 g/mol. The molecule has 1 aliphatic heterocycles. The number of carbonyl (C=O) groups is 1. The number of hydrogen-bond donors (Lipinski definition) is 2. The molecule has 0 atom stereocenters. The van der Waals surface area contributed by atoms with Crippen LogP contribution in [-0.2, 0) is 24.0 Å². The van der Waals surface area contributed by atoms with E-state index in [4.69, 9.17) is 4.84 Å². The Morgan fingerprint density at radius 3 is 2.61 bits per heavy atom. The standard InChI is InChI=1S/C20H18F5N3O3/c21-12-8-11(20(23,24)25)5-6-13(12)26-17-15(18(29)27-31-9-10-3-4-10)14-2-1-7-28(14)19(30)16(17)22/h5-6,8,10,26H,1-4,7,9H2,(H,27,29). The van der Waals surface area contributed by atoms with Crippen molar-refractivity contribution in [2.75, 3.05) is 11.9 Å². The number of hydroxylamine groups is 1. The summed E-state index contributed by atoms with van der Waals surface area (Å²) < 4.78 is 68.7. The number of pyridine rings is 1. The third kappa shape index (κ3) is 4.27. The zero-order chi connectivity index (χ0) is 22.3. The van der Waals surface area contributed by atoms with E-state index in [9.17, 15) is 31.5 Å². The van der Waals surface area contributed by atoms with Crippen molar-refractivity contribution in [3.8, 4) is 0 Å². The number of halogens is 5. The molecule has 1 aromatic carbocycles. The maximum Gasteiger partial charge on any atom is 0.416 e. The molecule has 2 heterocycles. The molecular formula is C20H18F5N3O3. The predicted molar refractivity (Wildman–Crippen MR) is 99.8 cm³/mol. The van der Waals surface area contributed by atoms with Crippen LogP contribution < -0.4 is 16.4 Å². The summed E-state index contributed by atoms with van der Waals surface area (Å²) in [5, 5.41) is 2.30. The maximum atomic E-state index is 14.9. The number of carbonyl (C=O) groups excluding carboxylic acids is 1. The van der Waals surface area contributed by atoms with Crippen LogP contribution in [0.1, 0.15) is 40.9 Å². The van der Waals surface area contributed by atoms with Crippen LogP contribution in [0.5, 0.6) is 0 Å². The van der Waals surface area contributed by atoms with Crippen molar-refractivity contribution in [2.45, 2.75) is 38.4 Å². The molecule has 2 N–H and O–H groups in total. The van der Waals surface area contributed by atoms with Gasteiger partial charge < -0.3 is 9.88 Å². The van der Waals surface area contributed by atoms with Crippen molar-refractivity contribution in [1.29, 1.82) is 0 Å². The highest BCUT2D eigenvalue weighted by molar-refractivity contribution is 6.01. The van der Waals surface area contributed by atoms with Crippen LogP contribution in [0.3, 0.4) is 0 Å². The summed E-state index contributed by atoms with van der Waals surface area (Å²) in [5.41, 5.74) is -1.13. The van der Waals surface area contributed by atoms with Gasteiger partial charge in [-0.2, -0.15) is 17.6 Å².